The lowest BCUT2D eigenvalue weighted by Gasteiger charge is -2.22. The van der Waals surface area contributed by atoms with Gasteiger partial charge in [0.15, 0.2) is 5.96 Å². The molecule has 0 saturated heterocycles. The van der Waals surface area contributed by atoms with E-state index in [4.69, 9.17) is 9.41 Å². The zero-order valence-corrected chi connectivity index (χ0v) is 17.6. The quantitative estimate of drug-likeness (QED) is 0.359. The maximum atomic E-state index is 5.35. The first kappa shape index (κ1) is 21.0. The predicted molar refractivity (Wildman–Crippen MR) is 113 cm³/mol. The van der Waals surface area contributed by atoms with Crippen molar-refractivity contribution in [2.24, 2.45) is 4.99 Å². The van der Waals surface area contributed by atoms with Crippen molar-refractivity contribution in [1.29, 1.82) is 0 Å². The van der Waals surface area contributed by atoms with E-state index in [2.05, 4.69) is 54.1 Å². The highest BCUT2D eigenvalue weighted by atomic mass is 127. The number of thiophene rings is 1. The van der Waals surface area contributed by atoms with Crippen molar-refractivity contribution in [3.63, 3.8) is 0 Å². The SMILES string of the molecule is CCNC(=NCC(c1cccs1)N(C)C)NCCc1ccco1.I. The second-order valence-electron chi connectivity index (χ2n) is 5.47. The summed E-state index contributed by atoms with van der Waals surface area (Å²) in [7, 11) is 4.19. The zero-order valence-electron chi connectivity index (χ0n) is 14.5. The van der Waals surface area contributed by atoms with Gasteiger partial charge in [0.25, 0.3) is 0 Å². The lowest BCUT2D eigenvalue weighted by Crippen LogP contribution is -2.39. The summed E-state index contributed by atoms with van der Waals surface area (Å²) in [5, 5.41) is 8.77. The third-order valence-corrected chi connectivity index (χ3v) is 4.48. The Bertz CT molecular complexity index is 569. The molecule has 0 aromatic carbocycles. The van der Waals surface area contributed by atoms with Crippen LogP contribution in [0.4, 0.5) is 0 Å². The van der Waals surface area contributed by atoms with E-state index >= 15 is 0 Å². The molecule has 0 aliphatic carbocycles. The summed E-state index contributed by atoms with van der Waals surface area (Å²) < 4.78 is 5.35. The summed E-state index contributed by atoms with van der Waals surface area (Å²) in [6, 6.07) is 8.47. The van der Waals surface area contributed by atoms with Crippen molar-refractivity contribution < 1.29 is 4.42 Å². The molecular weight excluding hydrogens is 435 g/mol. The highest BCUT2D eigenvalue weighted by molar-refractivity contribution is 14.0. The molecule has 0 bridgehead atoms. The Morgan fingerprint density at radius 3 is 2.71 bits per heavy atom. The molecular formula is C17H27IN4OS. The summed E-state index contributed by atoms with van der Waals surface area (Å²) in [5.74, 6) is 1.83. The summed E-state index contributed by atoms with van der Waals surface area (Å²) >= 11 is 1.78. The molecule has 0 aliphatic heterocycles. The van der Waals surface area contributed by atoms with Gasteiger partial charge in [0.2, 0.25) is 0 Å². The van der Waals surface area contributed by atoms with Crippen LogP contribution in [-0.2, 0) is 6.42 Å². The van der Waals surface area contributed by atoms with Crippen LogP contribution in [0.3, 0.4) is 0 Å². The minimum absolute atomic E-state index is 0. The monoisotopic (exact) mass is 462 g/mol. The van der Waals surface area contributed by atoms with Crippen LogP contribution in [0.5, 0.6) is 0 Å². The van der Waals surface area contributed by atoms with E-state index in [9.17, 15) is 0 Å². The van der Waals surface area contributed by atoms with Gasteiger partial charge in [-0.3, -0.25) is 4.99 Å². The smallest absolute Gasteiger partial charge is 0.191 e. The molecule has 2 heterocycles. The molecule has 2 aromatic heterocycles. The van der Waals surface area contributed by atoms with Crippen LogP contribution >= 0.6 is 35.3 Å². The number of halogens is 1. The van der Waals surface area contributed by atoms with E-state index in [1.54, 1.807) is 17.6 Å². The van der Waals surface area contributed by atoms with Crippen LogP contribution in [-0.4, -0.2) is 44.6 Å². The van der Waals surface area contributed by atoms with Crippen molar-refractivity contribution in [3.8, 4) is 0 Å². The molecule has 24 heavy (non-hydrogen) atoms. The molecule has 5 nitrogen and oxygen atoms in total. The van der Waals surface area contributed by atoms with E-state index in [1.165, 1.54) is 4.88 Å². The number of nitrogens with zero attached hydrogens (tertiary/aromatic N) is 2. The van der Waals surface area contributed by atoms with Crippen molar-refractivity contribution >= 4 is 41.3 Å². The molecule has 0 fully saturated rings. The van der Waals surface area contributed by atoms with Crippen molar-refractivity contribution in [2.75, 3.05) is 33.7 Å². The molecule has 1 atom stereocenters. The number of aliphatic imine (C=N–C) groups is 1. The predicted octanol–water partition coefficient (Wildman–Crippen LogP) is 3.36. The van der Waals surface area contributed by atoms with Gasteiger partial charge in [-0.2, -0.15) is 0 Å². The van der Waals surface area contributed by atoms with Crippen LogP contribution in [0.25, 0.3) is 0 Å². The first-order valence-electron chi connectivity index (χ1n) is 7.95. The molecule has 0 spiro atoms. The van der Waals surface area contributed by atoms with Gasteiger partial charge in [-0.15, -0.1) is 35.3 Å². The van der Waals surface area contributed by atoms with E-state index < -0.39 is 0 Å². The maximum absolute atomic E-state index is 5.35. The van der Waals surface area contributed by atoms with Crippen LogP contribution in [0.2, 0.25) is 0 Å². The van der Waals surface area contributed by atoms with Gasteiger partial charge in [-0.25, -0.2) is 0 Å². The number of rotatable bonds is 8. The van der Waals surface area contributed by atoms with Gasteiger partial charge in [0.1, 0.15) is 5.76 Å². The highest BCUT2D eigenvalue weighted by Crippen LogP contribution is 2.23. The van der Waals surface area contributed by atoms with Gasteiger partial charge in [0.05, 0.1) is 18.8 Å². The molecule has 0 radical (unpaired) electrons. The average molecular weight is 462 g/mol. The average Bonchev–Trinajstić information content (AvgIpc) is 3.20. The number of hydrogen-bond acceptors (Lipinski definition) is 4. The Morgan fingerprint density at radius 2 is 2.12 bits per heavy atom. The number of nitrogens with one attached hydrogen (secondary N) is 2. The normalized spacial score (nSPS) is 12.8. The largest absolute Gasteiger partial charge is 0.469 e. The van der Waals surface area contributed by atoms with Crippen LogP contribution < -0.4 is 10.6 Å². The van der Waals surface area contributed by atoms with Gasteiger partial charge in [-0.05, 0) is 44.6 Å². The van der Waals surface area contributed by atoms with Gasteiger partial charge in [0, 0.05) is 24.4 Å². The number of furan rings is 1. The first-order chi connectivity index (χ1) is 11.2. The summed E-state index contributed by atoms with van der Waals surface area (Å²) in [5.41, 5.74) is 0. The van der Waals surface area contributed by atoms with E-state index in [-0.39, 0.29) is 24.0 Å². The second kappa shape index (κ2) is 11.5. The standard InChI is InChI=1S/C17H26N4OS.HI/c1-4-18-17(19-10-9-14-7-5-11-22-14)20-13-15(21(2)3)16-8-6-12-23-16;/h5-8,11-12,15H,4,9-10,13H2,1-3H3,(H2,18,19,20);1H. The first-order valence-corrected chi connectivity index (χ1v) is 8.83. The molecule has 1 unspecified atom stereocenters. The fourth-order valence-electron chi connectivity index (χ4n) is 2.27. The Morgan fingerprint density at radius 1 is 1.29 bits per heavy atom. The van der Waals surface area contributed by atoms with Gasteiger partial charge in [-0.1, -0.05) is 6.07 Å². The molecule has 134 valence electrons. The fraction of sp³-hybridized carbons (Fsp3) is 0.471. The Hall–Kier alpha value is -1.06. The van der Waals surface area contributed by atoms with Crippen molar-refractivity contribution in [2.45, 2.75) is 19.4 Å². The topological polar surface area (TPSA) is 52.8 Å². The Labute approximate surface area is 165 Å². The third kappa shape index (κ3) is 6.82. The van der Waals surface area contributed by atoms with E-state index in [0.29, 0.717) is 6.04 Å². The number of guanidine groups is 1. The third-order valence-electron chi connectivity index (χ3n) is 3.51. The van der Waals surface area contributed by atoms with Crippen molar-refractivity contribution in [3.05, 3.63) is 46.5 Å². The maximum Gasteiger partial charge on any atom is 0.191 e. The van der Waals surface area contributed by atoms with E-state index in [0.717, 1.165) is 37.8 Å². The molecule has 2 N–H and O–H groups in total. The molecule has 2 aromatic rings. The second-order valence-corrected chi connectivity index (χ2v) is 6.45. The minimum atomic E-state index is 0. The van der Waals surface area contributed by atoms with Crippen LogP contribution in [0.1, 0.15) is 23.6 Å². The van der Waals surface area contributed by atoms with E-state index in [1.807, 2.05) is 12.1 Å². The number of likely N-dealkylation sites (N-methyl/N-ethyl adjacent to an activating group) is 1. The molecule has 0 saturated carbocycles. The highest BCUT2D eigenvalue weighted by Gasteiger charge is 2.14. The van der Waals surface area contributed by atoms with Gasteiger partial charge >= 0.3 is 0 Å². The lowest BCUT2D eigenvalue weighted by atomic mass is 10.2. The summed E-state index contributed by atoms with van der Waals surface area (Å²) in [4.78, 5) is 8.29. The zero-order chi connectivity index (χ0) is 16.5. The molecule has 7 heteroatoms. The van der Waals surface area contributed by atoms with Gasteiger partial charge < -0.3 is 20.0 Å². The Kier molecular flexibility index (Phi) is 10.0. The summed E-state index contributed by atoms with van der Waals surface area (Å²) in [6.45, 7) is 4.44. The lowest BCUT2D eigenvalue weighted by molar-refractivity contribution is 0.310. The number of hydrogen-bond donors (Lipinski definition) is 2. The molecule has 0 aliphatic rings. The molecule has 0 amide bonds. The van der Waals surface area contributed by atoms with Crippen LogP contribution in [0.15, 0.2) is 45.3 Å². The van der Waals surface area contributed by atoms with Crippen LogP contribution in [0, 0.1) is 0 Å². The summed E-state index contributed by atoms with van der Waals surface area (Å²) in [6.07, 6.45) is 2.55. The fourth-order valence-corrected chi connectivity index (χ4v) is 3.18. The molecule has 2 rings (SSSR count). The van der Waals surface area contributed by atoms with Crippen molar-refractivity contribution in [1.82, 2.24) is 15.5 Å². The Balaban J connectivity index is 0.00000288. The minimum Gasteiger partial charge on any atom is -0.469 e.